The van der Waals surface area contributed by atoms with Crippen LogP contribution in [0.25, 0.3) is 0 Å². The lowest BCUT2D eigenvalue weighted by Gasteiger charge is -2.04. The molecule has 3 heteroatoms. The van der Waals surface area contributed by atoms with Crippen LogP contribution >= 0.6 is 0 Å². The summed E-state index contributed by atoms with van der Waals surface area (Å²) in [5, 5.41) is 8.89. The number of aryl methyl sites for hydroxylation is 1. The molecule has 0 saturated carbocycles. The first-order chi connectivity index (χ1) is 5.15. The van der Waals surface area contributed by atoms with E-state index in [4.69, 9.17) is 9.84 Å². The maximum absolute atomic E-state index is 12.6. The molecule has 0 aliphatic carbocycles. The molecule has 2 nitrogen and oxygen atoms in total. The van der Waals surface area contributed by atoms with Crippen molar-refractivity contribution in [3.8, 4) is 11.5 Å². The van der Waals surface area contributed by atoms with Gasteiger partial charge in [0.1, 0.15) is 5.75 Å². The van der Waals surface area contributed by atoms with Crippen molar-refractivity contribution in [3.05, 3.63) is 23.5 Å². The van der Waals surface area contributed by atoms with E-state index in [1.807, 2.05) is 0 Å². The minimum atomic E-state index is -0.660. The van der Waals surface area contributed by atoms with Gasteiger partial charge < -0.3 is 9.84 Å². The number of benzene rings is 1. The van der Waals surface area contributed by atoms with E-state index in [0.29, 0.717) is 11.3 Å². The summed E-state index contributed by atoms with van der Waals surface area (Å²) >= 11 is 0. The number of rotatable bonds is 1. The van der Waals surface area contributed by atoms with E-state index in [1.165, 1.54) is 13.2 Å². The molecule has 0 amide bonds. The first-order valence-corrected chi connectivity index (χ1v) is 3.18. The van der Waals surface area contributed by atoms with Crippen LogP contribution in [0.2, 0.25) is 0 Å². The third-order valence-electron chi connectivity index (χ3n) is 1.46. The summed E-state index contributed by atoms with van der Waals surface area (Å²) in [6, 6.07) is 2.48. The molecule has 0 aliphatic rings. The van der Waals surface area contributed by atoms with Crippen LogP contribution in [-0.2, 0) is 0 Å². The Labute approximate surface area is 64.2 Å². The molecule has 0 heterocycles. The zero-order chi connectivity index (χ0) is 8.43. The Morgan fingerprint density at radius 1 is 1.45 bits per heavy atom. The molecule has 1 rings (SSSR count). The fourth-order valence-electron chi connectivity index (χ4n) is 0.868. The van der Waals surface area contributed by atoms with Crippen LogP contribution in [0.1, 0.15) is 5.56 Å². The molecule has 60 valence electrons. The second-order valence-corrected chi connectivity index (χ2v) is 2.27. The van der Waals surface area contributed by atoms with Crippen LogP contribution in [-0.4, -0.2) is 12.2 Å². The topological polar surface area (TPSA) is 29.5 Å². The quantitative estimate of drug-likeness (QED) is 0.672. The van der Waals surface area contributed by atoms with Gasteiger partial charge in [0, 0.05) is 6.07 Å². The molecule has 1 N–H and O–H groups in total. The third-order valence-corrected chi connectivity index (χ3v) is 1.46. The van der Waals surface area contributed by atoms with Crippen molar-refractivity contribution < 1.29 is 14.2 Å². The summed E-state index contributed by atoms with van der Waals surface area (Å²) in [5.41, 5.74) is 0.714. The molecule has 0 spiro atoms. The maximum Gasteiger partial charge on any atom is 0.168 e. The number of halogens is 1. The van der Waals surface area contributed by atoms with Crippen LogP contribution in [0, 0.1) is 12.7 Å². The summed E-state index contributed by atoms with van der Waals surface area (Å²) in [7, 11) is 1.46. The molecule has 0 fully saturated rings. The minimum absolute atomic E-state index is 0.344. The van der Waals surface area contributed by atoms with Crippen molar-refractivity contribution in [2.75, 3.05) is 7.11 Å². The number of ether oxygens (including phenoxy) is 1. The van der Waals surface area contributed by atoms with E-state index in [9.17, 15) is 4.39 Å². The summed E-state index contributed by atoms with van der Waals surface area (Å²) in [5.74, 6) is -0.559. The van der Waals surface area contributed by atoms with Crippen LogP contribution in [0.5, 0.6) is 11.5 Å². The SMILES string of the molecule is COc1cc(F)c(O)cc1C. The van der Waals surface area contributed by atoms with Gasteiger partial charge in [-0.25, -0.2) is 4.39 Å². The van der Waals surface area contributed by atoms with Crippen molar-refractivity contribution in [2.45, 2.75) is 6.92 Å². The van der Waals surface area contributed by atoms with Crippen molar-refractivity contribution >= 4 is 0 Å². The van der Waals surface area contributed by atoms with Gasteiger partial charge in [-0.3, -0.25) is 0 Å². The number of phenolic OH excluding ortho intramolecular Hbond substituents is 1. The molecule has 0 aliphatic heterocycles. The van der Waals surface area contributed by atoms with Crippen molar-refractivity contribution in [2.24, 2.45) is 0 Å². The van der Waals surface area contributed by atoms with Crippen LogP contribution < -0.4 is 4.74 Å². The second kappa shape index (κ2) is 2.78. The Kier molecular flexibility index (Phi) is 1.98. The highest BCUT2D eigenvalue weighted by Crippen LogP contribution is 2.25. The molecule has 1 aromatic carbocycles. The second-order valence-electron chi connectivity index (χ2n) is 2.27. The van der Waals surface area contributed by atoms with Gasteiger partial charge in [-0.05, 0) is 18.6 Å². The Morgan fingerprint density at radius 3 is 2.64 bits per heavy atom. The van der Waals surface area contributed by atoms with Crippen LogP contribution in [0.4, 0.5) is 4.39 Å². The van der Waals surface area contributed by atoms with E-state index < -0.39 is 5.82 Å². The Balaban J connectivity index is 3.21. The molecule has 11 heavy (non-hydrogen) atoms. The van der Waals surface area contributed by atoms with E-state index in [-0.39, 0.29) is 5.75 Å². The molecule has 0 saturated heterocycles. The highest BCUT2D eigenvalue weighted by atomic mass is 19.1. The van der Waals surface area contributed by atoms with Gasteiger partial charge in [-0.1, -0.05) is 0 Å². The average molecular weight is 156 g/mol. The van der Waals surface area contributed by atoms with E-state index >= 15 is 0 Å². The van der Waals surface area contributed by atoms with Gasteiger partial charge in [-0.2, -0.15) is 0 Å². The van der Waals surface area contributed by atoms with E-state index in [0.717, 1.165) is 6.07 Å². The predicted octanol–water partition coefficient (Wildman–Crippen LogP) is 1.85. The molecule has 0 unspecified atom stereocenters. The number of hydrogen-bond acceptors (Lipinski definition) is 2. The van der Waals surface area contributed by atoms with Gasteiger partial charge in [-0.15, -0.1) is 0 Å². The van der Waals surface area contributed by atoms with Crippen molar-refractivity contribution in [1.29, 1.82) is 0 Å². The number of phenols is 1. The molecule has 0 radical (unpaired) electrons. The third kappa shape index (κ3) is 1.42. The molecular weight excluding hydrogens is 147 g/mol. The molecule has 1 aromatic rings. The summed E-state index contributed by atoms with van der Waals surface area (Å²) in [4.78, 5) is 0. The normalized spacial score (nSPS) is 9.73. The lowest BCUT2D eigenvalue weighted by atomic mass is 10.2. The Bertz CT molecular complexity index is 271. The van der Waals surface area contributed by atoms with E-state index in [2.05, 4.69) is 0 Å². The van der Waals surface area contributed by atoms with Crippen molar-refractivity contribution in [1.82, 2.24) is 0 Å². The monoisotopic (exact) mass is 156 g/mol. The predicted molar refractivity (Wildman–Crippen MR) is 39.4 cm³/mol. The van der Waals surface area contributed by atoms with E-state index in [1.54, 1.807) is 6.92 Å². The molecule has 0 atom stereocenters. The lowest BCUT2D eigenvalue weighted by molar-refractivity contribution is 0.396. The standard InChI is InChI=1S/C8H9FO2/c1-5-3-7(10)6(9)4-8(5)11-2/h3-4,10H,1-2H3. The van der Waals surface area contributed by atoms with Gasteiger partial charge in [0.25, 0.3) is 0 Å². The van der Waals surface area contributed by atoms with Crippen LogP contribution in [0.15, 0.2) is 12.1 Å². The van der Waals surface area contributed by atoms with Crippen molar-refractivity contribution in [3.63, 3.8) is 0 Å². The lowest BCUT2D eigenvalue weighted by Crippen LogP contribution is -1.88. The zero-order valence-corrected chi connectivity index (χ0v) is 6.39. The summed E-state index contributed by atoms with van der Waals surface area (Å²) in [6.45, 7) is 1.73. The van der Waals surface area contributed by atoms with Gasteiger partial charge in [0.2, 0.25) is 0 Å². The van der Waals surface area contributed by atoms with Crippen LogP contribution in [0.3, 0.4) is 0 Å². The first kappa shape index (κ1) is 7.85. The van der Waals surface area contributed by atoms with Gasteiger partial charge in [0.15, 0.2) is 11.6 Å². The fourth-order valence-corrected chi connectivity index (χ4v) is 0.868. The maximum atomic E-state index is 12.6. The highest BCUT2D eigenvalue weighted by Gasteiger charge is 2.04. The Hall–Kier alpha value is -1.25. The zero-order valence-electron chi connectivity index (χ0n) is 6.39. The van der Waals surface area contributed by atoms with Gasteiger partial charge >= 0.3 is 0 Å². The first-order valence-electron chi connectivity index (χ1n) is 3.18. The fraction of sp³-hybridized carbons (Fsp3) is 0.250. The smallest absolute Gasteiger partial charge is 0.168 e. The summed E-state index contributed by atoms with van der Waals surface area (Å²) < 4.78 is 17.4. The average Bonchev–Trinajstić information content (AvgIpc) is 1.97. The summed E-state index contributed by atoms with van der Waals surface area (Å²) in [6.07, 6.45) is 0. The number of hydrogen-bond donors (Lipinski definition) is 1. The highest BCUT2D eigenvalue weighted by molar-refractivity contribution is 5.39. The molecular formula is C8H9FO2. The number of methoxy groups -OCH3 is 1. The molecule has 0 bridgehead atoms. The minimum Gasteiger partial charge on any atom is -0.505 e. The molecule has 0 aromatic heterocycles. The Morgan fingerprint density at radius 2 is 2.09 bits per heavy atom. The van der Waals surface area contributed by atoms with Gasteiger partial charge in [0.05, 0.1) is 7.11 Å². The largest absolute Gasteiger partial charge is 0.505 e. The number of aromatic hydroxyl groups is 1.